The van der Waals surface area contributed by atoms with Crippen LogP contribution in [-0.2, 0) is 10.5 Å². The lowest BCUT2D eigenvalue weighted by Gasteiger charge is -2.26. The van der Waals surface area contributed by atoms with E-state index < -0.39 is 5.79 Å². The van der Waals surface area contributed by atoms with E-state index in [1.165, 1.54) is 0 Å². The normalized spacial score (nSPS) is 15.3. The minimum atomic E-state index is -1.23. The predicted molar refractivity (Wildman–Crippen MR) is 51.9 cm³/mol. The van der Waals surface area contributed by atoms with Crippen LogP contribution in [0, 0.1) is 6.92 Å². The molecule has 0 aliphatic heterocycles. The fourth-order valence-electron chi connectivity index (χ4n) is 1.24. The van der Waals surface area contributed by atoms with Crippen LogP contribution in [0.3, 0.4) is 0 Å². The predicted octanol–water partition coefficient (Wildman–Crippen LogP) is 2.09. The molecular formula is C11H15O2. The van der Waals surface area contributed by atoms with Crippen LogP contribution < -0.4 is 0 Å². The Morgan fingerprint density at radius 3 is 2.46 bits per heavy atom. The molecule has 1 rings (SSSR count). The van der Waals surface area contributed by atoms with E-state index in [1.807, 2.05) is 37.3 Å². The Balaban J connectivity index is 2.89. The maximum absolute atomic E-state index is 10.0. The van der Waals surface area contributed by atoms with E-state index >= 15 is 0 Å². The van der Waals surface area contributed by atoms with Crippen molar-refractivity contribution in [2.24, 2.45) is 0 Å². The summed E-state index contributed by atoms with van der Waals surface area (Å²) in [6.07, 6.45) is 0.310. The first kappa shape index (κ1) is 10.2. The van der Waals surface area contributed by atoms with Crippen LogP contribution in [0.25, 0.3) is 0 Å². The van der Waals surface area contributed by atoms with Gasteiger partial charge in [0, 0.05) is 18.6 Å². The molecule has 1 aromatic carbocycles. The average Bonchev–Trinajstić information content (AvgIpc) is 2.19. The third kappa shape index (κ3) is 2.29. The molecule has 1 atom stereocenters. The molecule has 1 radical (unpaired) electrons. The molecule has 13 heavy (non-hydrogen) atoms. The first-order chi connectivity index (χ1) is 6.23. The average molecular weight is 179 g/mol. The molecule has 0 saturated carbocycles. The first-order valence-corrected chi connectivity index (χ1v) is 4.44. The van der Waals surface area contributed by atoms with Crippen molar-refractivity contribution in [2.75, 3.05) is 6.61 Å². The van der Waals surface area contributed by atoms with Crippen LogP contribution >= 0.6 is 0 Å². The highest BCUT2D eigenvalue weighted by Crippen LogP contribution is 2.25. The van der Waals surface area contributed by atoms with Gasteiger partial charge in [0.05, 0.1) is 0 Å². The summed E-state index contributed by atoms with van der Waals surface area (Å²) in [5.41, 5.74) is 0.756. The summed E-state index contributed by atoms with van der Waals surface area (Å²) in [7, 11) is 0. The van der Waals surface area contributed by atoms with Gasteiger partial charge in [-0.3, -0.25) is 0 Å². The lowest BCUT2D eigenvalue weighted by atomic mass is 10.0. The second kappa shape index (κ2) is 4.40. The maximum Gasteiger partial charge on any atom is 0.192 e. The van der Waals surface area contributed by atoms with E-state index in [1.54, 1.807) is 0 Å². The number of ether oxygens (including phenoxy) is 1. The lowest BCUT2D eigenvalue weighted by Crippen LogP contribution is -2.28. The van der Waals surface area contributed by atoms with Gasteiger partial charge < -0.3 is 9.84 Å². The highest BCUT2D eigenvalue weighted by atomic mass is 16.6. The Morgan fingerprint density at radius 2 is 2.00 bits per heavy atom. The standard InChI is InChI=1S/C11H15O2/c1-3-11(12,13-4-2)10-8-6-5-7-9-10/h5-9,12H,1,3-4H2,2H3. The number of aliphatic hydroxyl groups is 1. The Bertz CT molecular complexity index is 246. The summed E-state index contributed by atoms with van der Waals surface area (Å²) in [5, 5.41) is 10.0. The summed E-state index contributed by atoms with van der Waals surface area (Å²) < 4.78 is 5.26. The monoisotopic (exact) mass is 179 g/mol. The van der Waals surface area contributed by atoms with Crippen molar-refractivity contribution < 1.29 is 9.84 Å². The third-order valence-electron chi connectivity index (χ3n) is 1.95. The minimum Gasteiger partial charge on any atom is -0.362 e. The molecule has 1 unspecified atom stereocenters. The van der Waals surface area contributed by atoms with Crippen LogP contribution in [0.4, 0.5) is 0 Å². The molecule has 1 aromatic rings. The van der Waals surface area contributed by atoms with Crippen LogP contribution in [0.15, 0.2) is 30.3 Å². The van der Waals surface area contributed by atoms with E-state index in [-0.39, 0.29) is 0 Å². The van der Waals surface area contributed by atoms with Gasteiger partial charge in [0.25, 0.3) is 0 Å². The van der Waals surface area contributed by atoms with Gasteiger partial charge in [-0.25, -0.2) is 0 Å². The highest BCUT2D eigenvalue weighted by Gasteiger charge is 2.26. The summed E-state index contributed by atoms with van der Waals surface area (Å²) >= 11 is 0. The Morgan fingerprint density at radius 1 is 1.38 bits per heavy atom. The molecule has 1 N–H and O–H groups in total. The molecule has 0 bridgehead atoms. The van der Waals surface area contributed by atoms with E-state index in [4.69, 9.17) is 4.74 Å². The van der Waals surface area contributed by atoms with Gasteiger partial charge in [-0.15, -0.1) is 0 Å². The van der Waals surface area contributed by atoms with Crippen molar-refractivity contribution in [3.05, 3.63) is 42.8 Å². The SMILES string of the molecule is [CH2]CC(O)(OCC)c1ccccc1. The topological polar surface area (TPSA) is 29.5 Å². The molecule has 2 heteroatoms. The minimum absolute atomic E-state index is 0.310. The Kier molecular flexibility index (Phi) is 3.46. The van der Waals surface area contributed by atoms with Crippen LogP contribution in [0.5, 0.6) is 0 Å². The second-order valence-corrected chi connectivity index (χ2v) is 2.83. The van der Waals surface area contributed by atoms with Gasteiger partial charge in [-0.1, -0.05) is 30.3 Å². The van der Waals surface area contributed by atoms with Crippen molar-refractivity contribution >= 4 is 0 Å². The molecule has 0 aromatic heterocycles. The first-order valence-electron chi connectivity index (χ1n) is 4.44. The van der Waals surface area contributed by atoms with Gasteiger partial charge >= 0.3 is 0 Å². The Hall–Kier alpha value is -0.860. The lowest BCUT2D eigenvalue weighted by molar-refractivity contribution is -0.207. The van der Waals surface area contributed by atoms with Gasteiger partial charge in [0.1, 0.15) is 0 Å². The van der Waals surface area contributed by atoms with Crippen molar-refractivity contribution in [1.82, 2.24) is 0 Å². The largest absolute Gasteiger partial charge is 0.362 e. The molecule has 0 saturated heterocycles. The number of benzene rings is 1. The van der Waals surface area contributed by atoms with Crippen molar-refractivity contribution in [3.63, 3.8) is 0 Å². The molecule has 0 amide bonds. The molecule has 0 fully saturated rings. The summed E-state index contributed by atoms with van der Waals surface area (Å²) in [5.74, 6) is -1.23. The van der Waals surface area contributed by atoms with Crippen LogP contribution in [0.2, 0.25) is 0 Å². The van der Waals surface area contributed by atoms with Crippen molar-refractivity contribution in [3.8, 4) is 0 Å². The fraction of sp³-hybridized carbons (Fsp3) is 0.364. The van der Waals surface area contributed by atoms with Crippen LogP contribution in [0.1, 0.15) is 18.9 Å². The van der Waals surface area contributed by atoms with E-state index in [0.717, 1.165) is 5.56 Å². The van der Waals surface area contributed by atoms with E-state index in [9.17, 15) is 5.11 Å². The molecule has 0 aliphatic carbocycles. The molecule has 0 spiro atoms. The maximum atomic E-state index is 10.0. The zero-order valence-electron chi connectivity index (χ0n) is 7.86. The van der Waals surface area contributed by atoms with Gasteiger partial charge in [-0.2, -0.15) is 0 Å². The molecule has 71 valence electrons. The van der Waals surface area contributed by atoms with E-state index in [0.29, 0.717) is 13.0 Å². The number of rotatable bonds is 4. The number of hydrogen-bond acceptors (Lipinski definition) is 2. The Labute approximate surface area is 79.2 Å². The van der Waals surface area contributed by atoms with E-state index in [2.05, 4.69) is 6.92 Å². The highest BCUT2D eigenvalue weighted by molar-refractivity contribution is 5.20. The van der Waals surface area contributed by atoms with Crippen molar-refractivity contribution in [2.45, 2.75) is 19.1 Å². The smallest absolute Gasteiger partial charge is 0.192 e. The third-order valence-corrected chi connectivity index (χ3v) is 1.95. The van der Waals surface area contributed by atoms with Gasteiger partial charge in [0.2, 0.25) is 0 Å². The van der Waals surface area contributed by atoms with Gasteiger partial charge in [-0.05, 0) is 13.8 Å². The second-order valence-electron chi connectivity index (χ2n) is 2.83. The molecule has 0 heterocycles. The van der Waals surface area contributed by atoms with Crippen LogP contribution in [-0.4, -0.2) is 11.7 Å². The summed E-state index contributed by atoms with van der Waals surface area (Å²) in [6.45, 7) is 6.00. The van der Waals surface area contributed by atoms with Gasteiger partial charge in [0.15, 0.2) is 5.79 Å². The zero-order chi connectivity index (χ0) is 9.73. The molecular weight excluding hydrogens is 164 g/mol. The van der Waals surface area contributed by atoms with Crippen molar-refractivity contribution in [1.29, 1.82) is 0 Å². The molecule has 0 aliphatic rings. The summed E-state index contributed by atoms with van der Waals surface area (Å²) in [4.78, 5) is 0. The number of hydrogen-bond donors (Lipinski definition) is 1. The zero-order valence-corrected chi connectivity index (χ0v) is 7.86. The quantitative estimate of drug-likeness (QED) is 0.717. The summed E-state index contributed by atoms with van der Waals surface area (Å²) in [6, 6.07) is 9.31. The molecule has 2 nitrogen and oxygen atoms in total. The fourth-order valence-corrected chi connectivity index (χ4v) is 1.24.